The highest BCUT2D eigenvalue weighted by Gasteiger charge is 2.71. The Morgan fingerprint density at radius 1 is 0.248 bits per heavy atom. The highest BCUT2D eigenvalue weighted by Crippen LogP contribution is 2.51. The van der Waals surface area contributed by atoms with Crippen molar-refractivity contribution in [2.75, 3.05) is 53.8 Å². The molecule has 4 unspecified atom stereocenters. The molecule has 0 fully saturated rings. The van der Waals surface area contributed by atoms with Crippen molar-refractivity contribution in [3.8, 4) is 0 Å². The van der Waals surface area contributed by atoms with Gasteiger partial charge in [0, 0.05) is 34.6 Å². The summed E-state index contributed by atoms with van der Waals surface area (Å²) in [6.45, 7) is -19.5. The summed E-state index contributed by atoms with van der Waals surface area (Å²) in [5, 5.41) is 0. The summed E-state index contributed by atoms with van der Waals surface area (Å²) in [5.41, 5.74) is -4.37. The molecule has 25 nitrogen and oxygen atoms in total. The van der Waals surface area contributed by atoms with Crippen molar-refractivity contribution in [1.82, 2.24) is 0 Å². The number of halogens is 44. The summed E-state index contributed by atoms with van der Waals surface area (Å²) >= 11 is 0. The molecule has 0 aliphatic heterocycles. The monoisotopic (exact) mass is 1950 g/mol. The van der Waals surface area contributed by atoms with Crippen LogP contribution in [0.25, 0.3) is 0 Å². The van der Waals surface area contributed by atoms with Crippen LogP contribution in [-0.2, 0) is 96.2 Å². The van der Waals surface area contributed by atoms with Gasteiger partial charge in [0.25, 0.3) is 17.6 Å². The van der Waals surface area contributed by atoms with Crippen LogP contribution in [-0.4, -0.2) is 233 Å². The zero-order chi connectivity index (χ0) is 90.8. The molecule has 0 spiro atoms. The van der Waals surface area contributed by atoms with Gasteiger partial charge in [-0.05, 0) is 6.92 Å². The molecule has 75 heteroatoms. The van der Waals surface area contributed by atoms with Gasteiger partial charge in [0.1, 0.15) is 0 Å². The van der Waals surface area contributed by atoms with Crippen molar-refractivity contribution in [2.45, 2.75) is 194 Å². The normalized spacial score (nSPS) is 14.9. The minimum absolute atomic E-state index is 0. The predicted molar refractivity (Wildman–Crippen MR) is 290 cm³/mol. The second-order valence-electron chi connectivity index (χ2n) is 16.9. The van der Waals surface area contributed by atoms with Gasteiger partial charge in [-0.15, -0.1) is 0 Å². The van der Waals surface area contributed by atoms with Crippen LogP contribution in [0.2, 0.25) is 0 Å². The molecule has 113 heavy (non-hydrogen) atoms. The number of hydrogen-bond donors (Lipinski definition) is 6. The van der Waals surface area contributed by atoms with Crippen molar-refractivity contribution in [3.63, 3.8) is 0 Å². The topological polar surface area (TPSA) is 391 Å². The maximum atomic E-state index is 14.2. The molecule has 6 N–H and O–H groups in total. The first-order chi connectivity index (χ1) is 45.2. The number of hydrogen-bond acceptors (Lipinski definition) is 19. The van der Waals surface area contributed by atoms with Gasteiger partial charge in [0.15, 0.2) is 59.4 Å². The van der Waals surface area contributed by atoms with Gasteiger partial charge in [-0.3, -0.25) is 32.1 Å². The second-order valence-corrected chi connectivity index (χ2v) is 21.8. The first-order valence-corrected chi connectivity index (χ1v) is 30.2. The molecule has 4 atom stereocenters. The van der Waals surface area contributed by atoms with Crippen molar-refractivity contribution in [3.05, 3.63) is 0 Å². The first kappa shape index (κ1) is 150. The van der Waals surface area contributed by atoms with E-state index in [0.29, 0.717) is 27.7 Å². The Balaban J connectivity index is -0.0000000627. The third-order valence-corrected chi connectivity index (χ3v) is 7.26. The summed E-state index contributed by atoms with van der Waals surface area (Å²) in [4.78, 5) is 0. The van der Waals surface area contributed by atoms with Gasteiger partial charge >= 0.3 is 142 Å². The third kappa shape index (κ3) is 96.8. The van der Waals surface area contributed by atoms with E-state index in [4.69, 9.17) is 77.8 Å². The van der Waals surface area contributed by atoms with Crippen LogP contribution in [0.5, 0.6) is 0 Å². The Morgan fingerprint density at radius 3 is 0.522 bits per heavy atom. The van der Waals surface area contributed by atoms with Gasteiger partial charge in [-0.1, -0.05) is 67.9 Å². The van der Waals surface area contributed by atoms with Gasteiger partial charge in [0.05, 0.1) is 6.42 Å². The molecule has 0 amide bonds. The van der Waals surface area contributed by atoms with E-state index in [1.807, 2.05) is 0 Å². The number of rotatable bonds is 28. The molecule has 0 bridgehead atoms. The molecule has 0 rings (SSSR count). The van der Waals surface area contributed by atoms with E-state index in [1.54, 1.807) is 0 Å². The fourth-order valence-electron chi connectivity index (χ4n) is 2.71. The van der Waals surface area contributed by atoms with E-state index < -0.39 is 225 Å². The van der Waals surface area contributed by atoms with Crippen LogP contribution in [0.4, 0.5) is 190 Å². The average molecular weight is 1950 g/mol. The van der Waals surface area contributed by atoms with E-state index in [9.17, 15) is 190 Å². The Labute approximate surface area is 611 Å². The molecule has 0 aliphatic rings. The Morgan fingerprint density at radius 2 is 0.398 bits per heavy atom. The zero-order valence-electron chi connectivity index (χ0n) is 50.4. The minimum atomic E-state index is -6.30. The first-order valence-electron chi connectivity index (χ1n) is 22.2. The molecule has 0 saturated carbocycles. The van der Waals surface area contributed by atoms with E-state index in [2.05, 4.69) is 33.2 Å². The molecule has 0 aromatic heterocycles. The summed E-state index contributed by atoms with van der Waals surface area (Å²) in [5.74, 6) is -29.6. The fourth-order valence-corrected chi connectivity index (χ4v) is 2.71. The molecular weight excluding hydrogens is 1880 g/mol. The molecular formula is C38H66F44O25S6. The predicted octanol–water partition coefficient (Wildman–Crippen LogP) is 18.2. The molecule has 0 saturated heterocycles. The van der Waals surface area contributed by atoms with Crippen LogP contribution in [0.3, 0.4) is 0 Å². The van der Waals surface area contributed by atoms with E-state index in [0.717, 1.165) is 0 Å². The number of alkyl halides is 38. The smallest absolute Gasteiger partial charge is 0.309 e. The molecule has 0 heterocycles. The molecule has 0 aliphatic carbocycles. The molecule has 0 aromatic carbocycles. The maximum absolute atomic E-state index is 14.2. The van der Waals surface area contributed by atoms with E-state index in [-0.39, 0.29) is 58.4 Å². The van der Waals surface area contributed by atoms with E-state index >= 15 is 0 Å². The van der Waals surface area contributed by atoms with Gasteiger partial charge in [-0.2, -0.15) is 138 Å². The second kappa shape index (κ2) is 55.0. The summed E-state index contributed by atoms with van der Waals surface area (Å²) < 4.78 is 688. The zero-order valence-corrected chi connectivity index (χ0v) is 55.3. The fraction of sp³-hybridized carbons (Fsp3) is 1.00. The molecule has 0 aromatic rings. The lowest BCUT2D eigenvalue weighted by Crippen LogP contribution is -2.59. The van der Waals surface area contributed by atoms with Crippen molar-refractivity contribution in [1.29, 1.82) is 0 Å². The van der Waals surface area contributed by atoms with Gasteiger partial charge in [-0.25, -0.2) is 98.0 Å². The average Bonchev–Trinajstić information content (AvgIpc) is 0.759. The van der Waals surface area contributed by atoms with Crippen LogP contribution in [0.15, 0.2) is 0 Å². The van der Waals surface area contributed by atoms with Crippen molar-refractivity contribution >= 4 is 63.0 Å². The summed E-state index contributed by atoms with van der Waals surface area (Å²) in [6, 6.07) is 0. The van der Waals surface area contributed by atoms with Gasteiger partial charge < -0.3 is 9.47 Å². The Bertz CT molecular complexity index is 2830. The van der Waals surface area contributed by atoms with Crippen LogP contribution < -0.4 is 0 Å². The Kier molecular flexibility index (Phi) is 73.2. The largest absolute Gasteiger partial charge is 0.453 e. The summed E-state index contributed by atoms with van der Waals surface area (Å²) in [6.07, 6.45) is -54.4. The SMILES string of the molecule is C.C.C.C.C.C.CC(F)(F)C(C)(F)CC(F)(OC(F)(F)CF)C(F)(F)OC(F)(F)CF.CC(F)(F)C(C)(F)OCF.CC(F)(F)C(C)(F)OCF.FCC(F)(F)OC(F)(F)C(F)(F)CF.FCC(F)(F)OC(F)(F)C(F)(F)OC(F)(F)CF.O=S(=O)(O)F.O=S(=O)(O)F.O=S(=O)(O)F.O=S(=O)(O)F.O=S(=O)(O)F.O=S(=O)(O)F. The molecule has 0 radical (unpaired) electrons. The lowest BCUT2D eigenvalue weighted by Gasteiger charge is -2.39. The van der Waals surface area contributed by atoms with Crippen molar-refractivity contribution in [2.24, 2.45) is 0 Å². The lowest BCUT2D eigenvalue weighted by molar-refractivity contribution is -0.513. The maximum Gasteiger partial charge on any atom is 0.453 e. The van der Waals surface area contributed by atoms with Crippen molar-refractivity contribution < 1.29 is 301 Å². The summed E-state index contributed by atoms with van der Waals surface area (Å²) in [7, 11) is -31.0. The lowest BCUT2D eigenvalue weighted by atomic mass is 9.92. The molecule has 712 valence electrons. The quantitative estimate of drug-likeness (QED) is 0.0241. The highest BCUT2D eigenvalue weighted by atomic mass is 32.3. The van der Waals surface area contributed by atoms with Gasteiger partial charge in [0.2, 0.25) is 0 Å². The number of ether oxygens (including phenoxy) is 7. The standard InChI is InChI=1S/C11H12F12O2.C6H4F10O2.C5H4F8O.2C5H8F4O.6CH4.6FHO3S/c1-6(14,7(2,15)16)3-8(17,24-9(18,19)4-12)11(22,23)25-10(20,21)5-13;7-1-3(9,10)17-5(13,14)6(15,16)18-4(11,12)2-8;6-1-3(8,9)5(12,13)14-4(10,11)2-7;2*1-4(7,8)5(2,9)10-3-6;;;;;;;6*1-5(2,3)4/h3-5H2,1-2H3;1-2H2;1-2H2;2*3H2,1-2H3;6*1H4;6*(H,2,3,4). The van der Waals surface area contributed by atoms with Crippen LogP contribution in [0, 0.1) is 0 Å². The van der Waals surface area contributed by atoms with Crippen LogP contribution >= 0.6 is 0 Å². The van der Waals surface area contributed by atoms with Crippen LogP contribution in [0.1, 0.15) is 92.5 Å². The Hall–Kier alpha value is -3.90. The highest BCUT2D eigenvalue weighted by molar-refractivity contribution is 7.81. The van der Waals surface area contributed by atoms with E-state index in [1.165, 1.54) is 0 Å². The minimum Gasteiger partial charge on any atom is -0.309 e. The third-order valence-electron chi connectivity index (χ3n) is 7.26.